The molecule has 18 heavy (non-hydrogen) atoms. The van der Waals surface area contributed by atoms with Crippen molar-refractivity contribution in [3.8, 4) is 0 Å². The molecule has 2 rings (SSSR count). The zero-order valence-electron chi connectivity index (χ0n) is 9.35. The number of benzene rings is 1. The number of rotatable bonds is 4. The van der Waals surface area contributed by atoms with Crippen molar-refractivity contribution in [2.75, 3.05) is 0 Å². The predicted molar refractivity (Wildman–Crippen MR) is 63.0 cm³/mol. The standard InChI is InChI=1S/C12H11N3O3/c13-11(16)9-6-7-15(14-9)10(12(17)18)8-4-2-1-3-5-8/h1-7,10H,(H2,13,16)(H,17,18). The number of carbonyl (C=O) groups excluding carboxylic acids is 1. The molecule has 0 bridgehead atoms. The second kappa shape index (κ2) is 4.70. The van der Waals surface area contributed by atoms with Gasteiger partial charge in [-0.25, -0.2) is 4.79 Å². The Balaban J connectivity index is 2.42. The zero-order valence-corrected chi connectivity index (χ0v) is 9.35. The van der Waals surface area contributed by atoms with Gasteiger partial charge in [-0.15, -0.1) is 0 Å². The number of amides is 1. The van der Waals surface area contributed by atoms with Crippen LogP contribution in [0.25, 0.3) is 0 Å². The maximum Gasteiger partial charge on any atom is 0.333 e. The van der Waals surface area contributed by atoms with Crippen molar-refractivity contribution in [1.29, 1.82) is 0 Å². The smallest absolute Gasteiger partial charge is 0.333 e. The van der Waals surface area contributed by atoms with Crippen LogP contribution in [0.5, 0.6) is 0 Å². The van der Waals surface area contributed by atoms with E-state index in [1.807, 2.05) is 0 Å². The highest BCUT2D eigenvalue weighted by Crippen LogP contribution is 2.17. The Kier molecular flexibility index (Phi) is 3.09. The third kappa shape index (κ3) is 2.22. The Bertz CT molecular complexity index is 577. The lowest BCUT2D eigenvalue weighted by Gasteiger charge is -2.12. The molecule has 92 valence electrons. The summed E-state index contributed by atoms with van der Waals surface area (Å²) >= 11 is 0. The van der Waals surface area contributed by atoms with Gasteiger partial charge >= 0.3 is 5.97 Å². The van der Waals surface area contributed by atoms with Crippen LogP contribution in [0.2, 0.25) is 0 Å². The minimum atomic E-state index is -1.06. The van der Waals surface area contributed by atoms with Gasteiger partial charge in [0.15, 0.2) is 6.04 Å². The quantitative estimate of drug-likeness (QED) is 0.826. The molecule has 0 saturated carbocycles. The molecule has 0 fully saturated rings. The minimum Gasteiger partial charge on any atom is -0.479 e. The topological polar surface area (TPSA) is 98.2 Å². The van der Waals surface area contributed by atoms with Gasteiger partial charge in [0, 0.05) is 6.20 Å². The molecule has 1 amide bonds. The Morgan fingerprint density at radius 1 is 1.22 bits per heavy atom. The first kappa shape index (κ1) is 11.8. The van der Waals surface area contributed by atoms with Crippen LogP contribution >= 0.6 is 0 Å². The maximum atomic E-state index is 11.3. The highest BCUT2D eigenvalue weighted by molar-refractivity contribution is 5.90. The second-order valence-corrected chi connectivity index (χ2v) is 3.70. The average Bonchev–Trinajstić information content (AvgIpc) is 2.79. The molecule has 1 unspecified atom stereocenters. The van der Waals surface area contributed by atoms with E-state index in [-0.39, 0.29) is 5.69 Å². The van der Waals surface area contributed by atoms with Crippen LogP contribution in [0.4, 0.5) is 0 Å². The number of aromatic nitrogens is 2. The number of nitrogens with two attached hydrogens (primary N) is 1. The fourth-order valence-electron chi connectivity index (χ4n) is 1.66. The molecule has 1 aromatic carbocycles. The summed E-state index contributed by atoms with van der Waals surface area (Å²) < 4.78 is 1.21. The van der Waals surface area contributed by atoms with Gasteiger partial charge in [0.05, 0.1) is 0 Å². The van der Waals surface area contributed by atoms with E-state index in [1.54, 1.807) is 30.3 Å². The maximum absolute atomic E-state index is 11.3. The van der Waals surface area contributed by atoms with Crippen LogP contribution < -0.4 is 5.73 Å². The number of carboxylic acids is 1. The molecule has 1 heterocycles. The van der Waals surface area contributed by atoms with E-state index in [9.17, 15) is 14.7 Å². The molecule has 1 atom stereocenters. The molecule has 3 N–H and O–H groups in total. The number of primary amides is 1. The minimum absolute atomic E-state index is 0.0391. The van der Waals surface area contributed by atoms with Gasteiger partial charge in [-0.3, -0.25) is 9.48 Å². The fraction of sp³-hybridized carbons (Fsp3) is 0.0833. The molecule has 0 aliphatic carbocycles. The van der Waals surface area contributed by atoms with Gasteiger partial charge in [-0.2, -0.15) is 5.10 Å². The number of hydrogen-bond acceptors (Lipinski definition) is 3. The summed E-state index contributed by atoms with van der Waals surface area (Å²) in [5.74, 6) is -1.74. The van der Waals surface area contributed by atoms with E-state index in [0.29, 0.717) is 5.56 Å². The Morgan fingerprint density at radius 2 is 1.89 bits per heavy atom. The number of hydrogen-bond donors (Lipinski definition) is 2. The van der Waals surface area contributed by atoms with Crippen molar-refractivity contribution < 1.29 is 14.7 Å². The Hall–Kier alpha value is -2.63. The van der Waals surface area contributed by atoms with E-state index in [1.165, 1.54) is 16.9 Å². The van der Waals surface area contributed by atoms with Gasteiger partial charge < -0.3 is 10.8 Å². The van der Waals surface area contributed by atoms with Crippen LogP contribution in [0.3, 0.4) is 0 Å². The Labute approximate surface area is 103 Å². The van der Waals surface area contributed by atoms with Gasteiger partial charge in [0.1, 0.15) is 5.69 Å². The molecule has 0 aliphatic heterocycles. The van der Waals surface area contributed by atoms with Crippen LogP contribution in [0.15, 0.2) is 42.6 Å². The number of nitrogens with zero attached hydrogens (tertiary/aromatic N) is 2. The summed E-state index contributed by atoms with van der Waals surface area (Å²) in [6.07, 6.45) is 1.42. The van der Waals surface area contributed by atoms with E-state index in [0.717, 1.165) is 0 Å². The lowest BCUT2D eigenvalue weighted by Crippen LogP contribution is -2.22. The third-order valence-electron chi connectivity index (χ3n) is 2.47. The van der Waals surface area contributed by atoms with Gasteiger partial charge in [0.25, 0.3) is 5.91 Å². The molecule has 0 aliphatic rings. The lowest BCUT2D eigenvalue weighted by molar-refractivity contribution is -0.139. The summed E-state index contributed by atoms with van der Waals surface area (Å²) in [6.45, 7) is 0. The second-order valence-electron chi connectivity index (χ2n) is 3.70. The average molecular weight is 245 g/mol. The van der Waals surface area contributed by atoms with Crippen molar-refractivity contribution in [3.05, 3.63) is 53.9 Å². The number of carboxylic acid groups (broad SMARTS) is 1. The highest BCUT2D eigenvalue weighted by Gasteiger charge is 2.23. The Morgan fingerprint density at radius 3 is 2.39 bits per heavy atom. The largest absolute Gasteiger partial charge is 0.479 e. The van der Waals surface area contributed by atoms with E-state index >= 15 is 0 Å². The monoisotopic (exact) mass is 245 g/mol. The SMILES string of the molecule is NC(=O)c1ccn(C(C(=O)O)c2ccccc2)n1. The molecule has 6 nitrogen and oxygen atoms in total. The first-order valence-electron chi connectivity index (χ1n) is 5.22. The van der Waals surface area contributed by atoms with Gasteiger partial charge in [-0.1, -0.05) is 30.3 Å². The van der Waals surface area contributed by atoms with Crippen LogP contribution in [0.1, 0.15) is 22.1 Å². The predicted octanol–water partition coefficient (Wildman–Crippen LogP) is 0.656. The number of aliphatic carboxylic acids is 1. The van der Waals surface area contributed by atoms with Crippen molar-refractivity contribution in [2.45, 2.75) is 6.04 Å². The van der Waals surface area contributed by atoms with Crippen LogP contribution in [0, 0.1) is 0 Å². The van der Waals surface area contributed by atoms with Crippen molar-refractivity contribution in [1.82, 2.24) is 9.78 Å². The van der Waals surface area contributed by atoms with Crippen molar-refractivity contribution in [2.24, 2.45) is 5.73 Å². The summed E-state index contributed by atoms with van der Waals surface area (Å²) in [4.78, 5) is 22.2. The summed E-state index contributed by atoms with van der Waals surface area (Å²) in [5, 5.41) is 13.1. The van der Waals surface area contributed by atoms with E-state index in [4.69, 9.17) is 5.73 Å². The molecule has 1 aromatic heterocycles. The van der Waals surface area contributed by atoms with Crippen molar-refractivity contribution in [3.63, 3.8) is 0 Å². The molecular weight excluding hydrogens is 234 g/mol. The third-order valence-corrected chi connectivity index (χ3v) is 2.47. The summed E-state index contributed by atoms with van der Waals surface area (Å²) in [7, 11) is 0. The first-order valence-corrected chi connectivity index (χ1v) is 5.22. The van der Waals surface area contributed by atoms with Crippen molar-refractivity contribution >= 4 is 11.9 Å². The molecule has 0 spiro atoms. The summed E-state index contributed by atoms with van der Waals surface area (Å²) in [5.41, 5.74) is 5.69. The van der Waals surface area contributed by atoms with Crippen LogP contribution in [-0.2, 0) is 4.79 Å². The van der Waals surface area contributed by atoms with E-state index in [2.05, 4.69) is 5.10 Å². The highest BCUT2D eigenvalue weighted by atomic mass is 16.4. The normalized spacial score (nSPS) is 12.0. The van der Waals surface area contributed by atoms with Gasteiger partial charge in [0.2, 0.25) is 0 Å². The lowest BCUT2D eigenvalue weighted by atomic mass is 10.1. The first-order chi connectivity index (χ1) is 8.59. The van der Waals surface area contributed by atoms with E-state index < -0.39 is 17.9 Å². The molecule has 2 aromatic rings. The zero-order chi connectivity index (χ0) is 13.1. The van der Waals surface area contributed by atoms with Crippen LogP contribution in [-0.4, -0.2) is 26.8 Å². The fourth-order valence-corrected chi connectivity index (χ4v) is 1.66. The number of carbonyl (C=O) groups is 2. The molecule has 0 saturated heterocycles. The molecule has 6 heteroatoms. The molecular formula is C12H11N3O3. The van der Waals surface area contributed by atoms with Gasteiger partial charge in [-0.05, 0) is 11.6 Å². The summed E-state index contributed by atoms with van der Waals surface area (Å²) in [6, 6.07) is 9.06. The molecule has 0 radical (unpaired) electrons.